The van der Waals surface area contributed by atoms with E-state index in [-0.39, 0.29) is 17.9 Å². The Labute approximate surface area is 112 Å². The van der Waals surface area contributed by atoms with Crippen LogP contribution in [0.4, 0.5) is 0 Å². The number of hydrogen-bond donors (Lipinski definition) is 1. The van der Waals surface area contributed by atoms with E-state index in [4.69, 9.17) is 10.5 Å². The first-order valence-corrected chi connectivity index (χ1v) is 7.08. The molecule has 0 saturated carbocycles. The smallest absolute Gasteiger partial charge is 0.240 e. The molecule has 1 amide bonds. The number of ether oxygens (including phenoxy) is 1. The second kappa shape index (κ2) is 9.34. The first kappa shape index (κ1) is 17.4. The van der Waals surface area contributed by atoms with Crippen LogP contribution in [-0.2, 0) is 9.53 Å². The zero-order chi connectivity index (χ0) is 14.1. The molecule has 2 N–H and O–H groups in total. The largest absolute Gasteiger partial charge is 0.383 e. The third kappa shape index (κ3) is 4.94. The Morgan fingerprint density at radius 2 is 1.78 bits per heavy atom. The summed E-state index contributed by atoms with van der Waals surface area (Å²) in [5.74, 6) is 0.284. The van der Waals surface area contributed by atoms with Crippen molar-refractivity contribution in [3.8, 4) is 0 Å². The number of nitrogens with zero attached hydrogens (tertiary/aromatic N) is 1. The molecule has 0 radical (unpaired) electrons. The van der Waals surface area contributed by atoms with Crippen LogP contribution in [0.25, 0.3) is 0 Å². The lowest BCUT2D eigenvalue weighted by Gasteiger charge is -2.33. The molecule has 0 bridgehead atoms. The highest BCUT2D eigenvalue weighted by molar-refractivity contribution is 5.82. The van der Waals surface area contributed by atoms with Crippen LogP contribution in [0.1, 0.15) is 47.0 Å². The summed E-state index contributed by atoms with van der Waals surface area (Å²) >= 11 is 0. The number of methoxy groups -OCH3 is 1. The number of rotatable bonds is 9. The van der Waals surface area contributed by atoms with Crippen molar-refractivity contribution in [3.05, 3.63) is 0 Å². The van der Waals surface area contributed by atoms with Gasteiger partial charge in [-0.05, 0) is 18.8 Å². The van der Waals surface area contributed by atoms with Crippen LogP contribution in [0.3, 0.4) is 0 Å². The summed E-state index contributed by atoms with van der Waals surface area (Å²) in [7, 11) is 1.66. The molecule has 0 fully saturated rings. The topological polar surface area (TPSA) is 55.6 Å². The SMILES string of the molecule is CCC(C)C(N)C(=O)N(CCOC)C(CC)CC. The molecule has 0 spiro atoms. The number of carbonyl (C=O) groups is 1. The van der Waals surface area contributed by atoms with E-state index in [1.165, 1.54) is 0 Å². The van der Waals surface area contributed by atoms with Crippen molar-refractivity contribution in [2.45, 2.75) is 59.0 Å². The average Bonchev–Trinajstić information content (AvgIpc) is 2.40. The molecule has 2 atom stereocenters. The third-order valence-electron chi connectivity index (χ3n) is 3.74. The average molecular weight is 258 g/mol. The van der Waals surface area contributed by atoms with Crippen LogP contribution < -0.4 is 5.73 Å². The fourth-order valence-corrected chi connectivity index (χ4v) is 2.08. The van der Waals surface area contributed by atoms with Gasteiger partial charge in [-0.15, -0.1) is 0 Å². The van der Waals surface area contributed by atoms with E-state index in [1.54, 1.807) is 7.11 Å². The minimum atomic E-state index is -0.396. The van der Waals surface area contributed by atoms with E-state index >= 15 is 0 Å². The molecule has 0 aromatic carbocycles. The lowest BCUT2D eigenvalue weighted by Crippen LogP contribution is -2.51. The van der Waals surface area contributed by atoms with Crippen LogP contribution in [0.15, 0.2) is 0 Å². The van der Waals surface area contributed by atoms with Crippen LogP contribution in [0.2, 0.25) is 0 Å². The van der Waals surface area contributed by atoms with Gasteiger partial charge in [0.1, 0.15) is 0 Å². The van der Waals surface area contributed by atoms with Crippen LogP contribution in [0, 0.1) is 5.92 Å². The van der Waals surface area contributed by atoms with Gasteiger partial charge in [-0.25, -0.2) is 0 Å². The van der Waals surface area contributed by atoms with E-state index in [2.05, 4.69) is 20.8 Å². The van der Waals surface area contributed by atoms with Crippen molar-refractivity contribution in [2.24, 2.45) is 11.7 Å². The Morgan fingerprint density at radius 1 is 1.22 bits per heavy atom. The number of carbonyl (C=O) groups excluding carboxylic acids is 1. The molecule has 0 heterocycles. The molecule has 108 valence electrons. The second-order valence-electron chi connectivity index (χ2n) is 4.91. The molecule has 0 saturated heterocycles. The molecule has 0 aliphatic heterocycles. The number of amides is 1. The van der Waals surface area contributed by atoms with E-state index in [0.717, 1.165) is 19.3 Å². The zero-order valence-electron chi connectivity index (χ0n) is 12.6. The summed E-state index contributed by atoms with van der Waals surface area (Å²) in [6.07, 6.45) is 2.84. The second-order valence-corrected chi connectivity index (χ2v) is 4.91. The van der Waals surface area contributed by atoms with Crippen molar-refractivity contribution < 1.29 is 9.53 Å². The van der Waals surface area contributed by atoms with Gasteiger partial charge in [0.2, 0.25) is 5.91 Å². The Balaban J connectivity index is 4.77. The van der Waals surface area contributed by atoms with Gasteiger partial charge >= 0.3 is 0 Å². The monoisotopic (exact) mass is 258 g/mol. The summed E-state index contributed by atoms with van der Waals surface area (Å²) in [4.78, 5) is 14.4. The van der Waals surface area contributed by atoms with E-state index in [1.807, 2.05) is 11.8 Å². The minimum Gasteiger partial charge on any atom is -0.383 e. The number of nitrogens with two attached hydrogens (primary N) is 1. The van der Waals surface area contributed by atoms with Crippen LogP contribution in [-0.4, -0.2) is 43.2 Å². The van der Waals surface area contributed by atoms with Crippen LogP contribution >= 0.6 is 0 Å². The van der Waals surface area contributed by atoms with Crippen molar-refractivity contribution in [2.75, 3.05) is 20.3 Å². The first-order valence-electron chi connectivity index (χ1n) is 7.08. The quantitative estimate of drug-likeness (QED) is 0.688. The van der Waals surface area contributed by atoms with Crippen LogP contribution in [0.5, 0.6) is 0 Å². The van der Waals surface area contributed by atoms with Gasteiger partial charge in [0.15, 0.2) is 0 Å². The fraction of sp³-hybridized carbons (Fsp3) is 0.929. The Morgan fingerprint density at radius 3 is 2.17 bits per heavy atom. The highest BCUT2D eigenvalue weighted by Gasteiger charge is 2.28. The highest BCUT2D eigenvalue weighted by atomic mass is 16.5. The molecular weight excluding hydrogens is 228 g/mol. The van der Waals surface area contributed by atoms with Gasteiger partial charge in [-0.2, -0.15) is 0 Å². The fourth-order valence-electron chi connectivity index (χ4n) is 2.08. The van der Waals surface area contributed by atoms with E-state index in [9.17, 15) is 4.79 Å². The van der Waals surface area contributed by atoms with E-state index < -0.39 is 6.04 Å². The first-order chi connectivity index (χ1) is 8.53. The standard InChI is InChI=1S/C14H30N2O2/c1-6-11(4)13(15)14(17)16(9-10-18-5)12(7-2)8-3/h11-13H,6-10,15H2,1-5H3. The summed E-state index contributed by atoms with van der Waals surface area (Å²) in [6.45, 7) is 9.51. The molecule has 0 aliphatic carbocycles. The summed E-state index contributed by atoms with van der Waals surface area (Å²) in [6, 6.07) is -0.129. The van der Waals surface area contributed by atoms with Gasteiger partial charge in [0.25, 0.3) is 0 Å². The maximum Gasteiger partial charge on any atom is 0.240 e. The van der Waals surface area contributed by atoms with Gasteiger partial charge in [0.05, 0.1) is 12.6 Å². The maximum atomic E-state index is 12.5. The Bertz CT molecular complexity index is 230. The summed E-state index contributed by atoms with van der Waals surface area (Å²) in [5.41, 5.74) is 6.06. The molecule has 0 aliphatic rings. The lowest BCUT2D eigenvalue weighted by molar-refractivity contribution is -0.137. The zero-order valence-corrected chi connectivity index (χ0v) is 12.6. The molecule has 4 nitrogen and oxygen atoms in total. The molecule has 18 heavy (non-hydrogen) atoms. The molecule has 2 unspecified atom stereocenters. The highest BCUT2D eigenvalue weighted by Crippen LogP contribution is 2.14. The number of hydrogen-bond acceptors (Lipinski definition) is 3. The van der Waals surface area contributed by atoms with Gasteiger partial charge in [-0.3, -0.25) is 4.79 Å². The van der Waals surface area contributed by atoms with Crippen molar-refractivity contribution in [1.29, 1.82) is 0 Å². The lowest BCUT2D eigenvalue weighted by atomic mass is 9.97. The Hall–Kier alpha value is -0.610. The normalized spacial score (nSPS) is 14.6. The Kier molecular flexibility index (Phi) is 9.02. The molecule has 0 rings (SSSR count). The summed E-state index contributed by atoms with van der Waals surface area (Å²) in [5, 5.41) is 0. The molecule has 0 aromatic heterocycles. The van der Waals surface area contributed by atoms with E-state index in [0.29, 0.717) is 13.2 Å². The van der Waals surface area contributed by atoms with Gasteiger partial charge in [0, 0.05) is 19.7 Å². The van der Waals surface area contributed by atoms with Gasteiger partial charge < -0.3 is 15.4 Å². The minimum absolute atomic E-state index is 0.0649. The predicted molar refractivity (Wildman–Crippen MR) is 75.4 cm³/mol. The van der Waals surface area contributed by atoms with Crippen molar-refractivity contribution in [1.82, 2.24) is 4.90 Å². The van der Waals surface area contributed by atoms with Gasteiger partial charge in [-0.1, -0.05) is 34.1 Å². The molecular formula is C14H30N2O2. The summed E-state index contributed by atoms with van der Waals surface area (Å²) < 4.78 is 5.09. The predicted octanol–water partition coefficient (Wildman–Crippen LogP) is 2.02. The third-order valence-corrected chi connectivity index (χ3v) is 3.74. The molecule has 4 heteroatoms. The maximum absolute atomic E-state index is 12.5. The van der Waals surface area contributed by atoms with Crippen molar-refractivity contribution >= 4 is 5.91 Å². The van der Waals surface area contributed by atoms with Crippen molar-refractivity contribution in [3.63, 3.8) is 0 Å². The molecule has 0 aromatic rings.